The van der Waals surface area contributed by atoms with Gasteiger partial charge in [-0.3, -0.25) is 0 Å². The molecule has 0 radical (unpaired) electrons. The average Bonchev–Trinajstić information content (AvgIpc) is 2.22. The van der Waals surface area contributed by atoms with Crippen LogP contribution in [-0.2, 0) is 0 Å². The van der Waals surface area contributed by atoms with Crippen LogP contribution in [-0.4, -0.2) is 27.7 Å². The standard InChI is InChI=1S/C11H18ClN3O2/c1-4-5-6-7-16-10-13-9(12)14-11(15-10)17-8(2)3/h8H,4-7H2,1-3H3. The van der Waals surface area contributed by atoms with E-state index in [0.717, 1.165) is 19.3 Å². The van der Waals surface area contributed by atoms with E-state index >= 15 is 0 Å². The molecule has 1 aromatic rings. The molecule has 0 saturated carbocycles. The third kappa shape index (κ3) is 5.68. The fourth-order valence-electron chi connectivity index (χ4n) is 1.16. The Kier molecular flexibility index (Phi) is 5.97. The maximum absolute atomic E-state index is 5.75. The van der Waals surface area contributed by atoms with Crippen molar-refractivity contribution in [1.29, 1.82) is 0 Å². The normalized spacial score (nSPS) is 10.6. The van der Waals surface area contributed by atoms with Gasteiger partial charge in [-0.15, -0.1) is 4.98 Å². The van der Waals surface area contributed by atoms with Crippen LogP contribution in [0.15, 0.2) is 0 Å². The summed E-state index contributed by atoms with van der Waals surface area (Å²) in [6, 6.07) is 0.419. The predicted molar refractivity (Wildman–Crippen MR) is 65.6 cm³/mol. The minimum atomic E-state index is -0.0126. The molecule has 0 aromatic carbocycles. The van der Waals surface area contributed by atoms with E-state index in [4.69, 9.17) is 21.1 Å². The van der Waals surface area contributed by atoms with Crippen LogP contribution >= 0.6 is 11.6 Å². The molecule has 5 nitrogen and oxygen atoms in total. The van der Waals surface area contributed by atoms with Crippen LogP contribution in [0, 0.1) is 0 Å². The Morgan fingerprint density at radius 3 is 2.47 bits per heavy atom. The van der Waals surface area contributed by atoms with Gasteiger partial charge >= 0.3 is 12.0 Å². The van der Waals surface area contributed by atoms with Gasteiger partial charge in [0.25, 0.3) is 0 Å². The Labute approximate surface area is 107 Å². The van der Waals surface area contributed by atoms with Gasteiger partial charge < -0.3 is 9.47 Å². The van der Waals surface area contributed by atoms with Crippen molar-refractivity contribution in [3.05, 3.63) is 5.28 Å². The van der Waals surface area contributed by atoms with Gasteiger partial charge in [0.05, 0.1) is 12.7 Å². The third-order valence-electron chi connectivity index (χ3n) is 1.89. The lowest BCUT2D eigenvalue weighted by molar-refractivity contribution is 0.212. The summed E-state index contributed by atoms with van der Waals surface area (Å²) in [6.45, 7) is 6.49. The van der Waals surface area contributed by atoms with Crippen molar-refractivity contribution in [3.63, 3.8) is 0 Å². The van der Waals surface area contributed by atoms with Crippen molar-refractivity contribution < 1.29 is 9.47 Å². The van der Waals surface area contributed by atoms with Crippen molar-refractivity contribution in [2.75, 3.05) is 6.61 Å². The molecule has 1 heterocycles. The van der Waals surface area contributed by atoms with Crippen molar-refractivity contribution in [3.8, 4) is 12.0 Å². The van der Waals surface area contributed by atoms with E-state index in [1.807, 2.05) is 13.8 Å². The van der Waals surface area contributed by atoms with Gasteiger partial charge in [0, 0.05) is 0 Å². The molecule has 0 atom stereocenters. The van der Waals surface area contributed by atoms with Crippen LogP contribution < -0.4 is 9.47 Å². The Hall–Kier alpha value is -1.10. The molecular weight excluding hydrogens is 242 g/mol. The summed E-state index contributed by atoms with van der Waals surface area (Å²) in [4.78, 5) is 11.8. The third-order valence-corrected chi connectivity index (χ3v) is 2.06. The second kappa shape index (κ2) is 7.27. The molecule has 6 heteroatoms. The number of ether oxygens (including phenoxy) is 2. The molecule has 0 aliphatic heterocycles. The molecule has 0 saturated heterocycles. The second-order valence-corrected chi connectivity index (χ2v) is 4.23. The minimum Gasteiger partial charge on any atom is -0.463 e. The molecule has 0 amide bonds. The second-order valence-electron chi connectivity index (χ2n) is 3.89. The highest BCUT2D eigenvalue weighted by Gasteiger charge is 2.08. The number of aromatic nitrogens is 3. The number of hydrogen-bond acceptors (Lipinski definition) is 5. The molecule has 0 aliphatic carbocycles. The summed E-state index contributed by atoms with van der Waals surface area (Å²) in [5.74, 6) is 0. The van der Waals surface area contributed by atoms with Gasteiger partial charge in [0.15, 0.2) is 0 Å². The lowest BCUT2D eigenvalue weighted by Gasteiger charge is -2.09. The van der Waals surface area contributed by atoms with Crippen molar-refractivity contribution in [1.82, 2.24) is 15.0 Å². The van der Waals surface area contributed by atoms with E-state index in [2.05, 4.69) is 21.9 Å². The first-order valence-electron chi connectivity index (χ1n) is 5.83. The Morgan fingerprint density at radius 1 is 1.12 bits per heavy atom. The first kappa shape index (κ1) is 14.0. The van der Waals surface area contributed by atoms with Crippen LogP contribution in [0.25, 0.3) is 0 Å². The number of unbranched alkanes of at least 4 members (excludes halogenated alkanes) is 2. The summed E-state index contributed by atoms with van der Waals surface area (Å²) in [7, 11) is 0. The largest absolute Gasteiger partial charge is 0.463 e. The maximum atomic E-state index is 5.75. The Balaban J connectivity index is 2.56. The first-order chi connectivity index (χ1) is 8.11. The molecule has 96 valence electrons. The van der Waals surface area contributed by atoms with Gasteiger partial charge in [-0.05, 0) is 31.9 Å². The van der Waals surface area contributed by atoms with Gasteiger partial charge in [0.2, 0.25) is 5.28 Å². The van der Waals surface area contributed by atoms with Crippen LogP contribution in [0.1, 0.15) is 40.0 Å². The molecule has 0 aliphatic rings. The van der Waals surface area contributed by atoms with Gasteiger partial charge in [-0.2, -0.15) is 9.97 Å². The molecule has 0 spiro atoms. The smallest absolute Gasteiger partial charge is 0.324 e. The molecular formula is C11H18ClN3O2. The zero-order valence-corrected chi connectivity index (χ0v) is 11.2. The Morgan fingerprint density at radius 2 is 1.82 bits per heavy atom. The van der Waals surface area contributed by atoms with E-state index in [1.54, 1.807) is 0 Å². The molecule has 0 N–H and O–H groups in total. The highest BCUT2D eigenvalue weighted by molar-refractivity contribution is 6.28. The highest BCUT2D eigenvalue weighted by Crippen LogP contribution is 2.14. The topological polar surface area (TPSA) is 57.1 Å². The predicted octanol–water partition coefficient (Wildman–Crippen LogP) is 2.88. The SMILES string of the molecule is CCCCCOc1nc(Cl)nc(OC(C)C)n1. The summed E-state index contributed by atoms with van der Waals surface area (Å²) in [5.41, 5.74) is 0. The summed E-state index contributed by atoms with van der Waals surface area (Å²) in [6.07, 6.45) is 3.22. The van der Waals surface area contributed by atoms with Crippen molar-refractivity contribution in [2.45, 2.75) is 46.1 Å². The van der Waals surface area contributed by atoms with E-state index < -0.39 is 0 Å². The number of halogens is 1. The summed E-state index contributed by atoms with van der Waals surface area (Å²) >= 11 is 5.75. The molecule has 0 unspecified atom stereocenters. The highest BCUT2D eigenvalue weighted by atomic mass is 35.5. The van der Waals surface area contributed by atoms with E-state index in [-0.39, 0.29) is 23.4 Å². The summed E-state index contributed by atoms with van der Waals surface area (Å²) < 4.78 is 10.7. The van der Waals surface area contributed by atoms with Gasteiger partial charge in [0.1, 0.15) is 0 Å². The fraction of sp³-hybridized carbons (Fsp3) is 0.727. The monoisotopic (exact) mass is 259 g/mol. The van der Waals surface area contributed by atoms with Crippen LogP contribution in [0.4, 0.5) is 0 Å². The number of rotatable bonds is 7. The van der Waals surface area contributed by atoms with Crippen molar-refractivity contribution in [2.24, 2.45) is 0 Å². The van der Waals surface area contributed by atoms with Crippen LogP contribution in [0.2, 0.25) is 5.28 Å². The van der Waals surface area contributed by atoms with E-state index in [9.17, 15) is 0 Å². The lowest BCUT2D eigenvalue weighted by atomic mass is 10.3. The Bertz CT molecular complexity index is 347. The van der Waals surface area contributed by atoms with Crippen LogP contribution in [0.5, 0.6) is 12.0 Å². The van der Waals surface area contributed by atoms with Gasteiger partial charge in [-0.1, -0.05) is 19.8 Å². The van der Waals surface area contributed by atoms with Gasteiger partial charge in [-0.25, -0.2) is 0 Å². The zero-order chi connectivity index (χ0) is 12.7. The number of hydrogen-bond donors (Lipinski definition) is 0. The quantitative estimate of drug-likeness (QED) is 0.705. The van der Waals surface area contributed by atoms with Crippen LogP contribution in [0.3, 0.4) is 0 Å². The summed E-state index contributed by atoms with van der Waals surface area (Å²) in [5, 5.41) is 0.0844. The maximum Gasteiger partial charge on any atom is 0.324 e. The number of nitrogens with zero attached hydrogens (tertiary/aromatic N) is 3. The van der Waals surface area contributed by atoms with Crippen molar-refractivity contribution >= 4 is 11.6 Å². The minimum absolute atomic E-state index is 0.0126. The average molecular weight is 260 g/mol. The fourth-order valence-corrected chi connectivity index (χ4v) is 1.30. The van der Waals surface area contributed by atoms with E-state index in [1.165, 1.54) is 0 Å². The van der Waals surface area contributed by atoms with E-state index in [0.29, 0.717) is 6.61 Å². The zero-order valence-electron chi connectivity index (χ0n) is 10.4. The molecule has 1 rings (SSSR count). The molecule has 17 heavy (non-hydrogen) atoms. The molecule has 0 fully saturated rings. The lowest BCUT2D eigenvalue weighted by Crippen LogP contribution is -2.10. The molecule has 1 aromatic heterocycles. The molecule has 0 bridgehead atoms. The first-order valence-corrected chi connectivity index (χ1v) is 6.20.